The summed E-state index contributed by atoms with van der Waals surface area (Å²) in [5.41, 5.74) is 6.85. The average Bonchev–Trinajstić information content (AvgIpc) is 2.40. The Morgan fingerprint density at radius 2 is 2.06 bits per heavy atom. The lowest BCUT2D eigenvalue weighted by atomic mass is 9.90. The second-order valence-corrected chi connectivity index (χ2v) is 5.97. The van der Waals surface area contributed by atoms with Gasteiger partial charge in [0.15, 0.2) is 0 Å². The zero-order chi connectivity index (χ0) is 13.2. The van der Waals surface area contributed by atoms with Crippen molar-refractivity contribution in [1.82, 2.24) is 14.9 Å². The zero-order valence-electron chi connectivity index (χ0n) is 11.7. The Morgan fingerprint density at radius 1 is 1.39 bits per heavy atom. The van der Waals surface area contributed by atoms with Crippen LogP contribution in [0.1, 0.15) is 44.1 Å². The molecule has 4 heteroatoms. The van der Waals surface area contributed by atoms with E-state index in [9.17, 15) is 0 Å². The van der Waals surface area contributed by atoms with Crippen LogP contribution in [0.25, 0.3) is 0 Å². The van der Waals surface area contributed by atoms with Crippen molar-refractivity contribution in [3.63, 3.8) is 0 Å². The van der Waals surface area contributed by atoms with E-state index in [0.29, 0.717) is 12.5 Å². The van der Waals surface area contributed by atoms with Crippen molar-refractivity contribution >= 4 is 0 Å². The van der Waals surface area contributed by atoms with Crippen molar-refractivity contribution in [3.8, 4) is 0 Å². The van der Waals surface area contributed by atoms with Gasteiger partial charge in [-0.05, 0) is 39.0 Å². The number of nitrogens with two attached hydrogens (primary N) is 1. The SMILES string of the molecule is CN1CCC(c2ccnc(C(C)(C)CN)n2)CC1. The first kappa shape index (κ1) is 13.4. The van der Waals surface area contributed by atoms with E-state index in [1.807, 2.05) is 6.20 Å². The molecular weight excluding hydrogens is 224 g/mol. The van der Waals surface area contributed by atoms with Gasteiger partial charge in [0.05, 0.1) is 0 Å². The normalized spacial score (nSPS) is 19.1. The van der Waals surface area contributed by atoms with Crippen LogP contribution in [0, 0.1) is 0 Å². The lowest BCUT2D eigenvalue weighted by Gasteiger charge is -2.29. The van der Waals surface area contributed by atoms with Crippen LogP contribution in [0.4, 0.5) is 0 Å². The minimum atomic E-state index is -0.137. The van der Waals surface area contributed by atoms with Crippen molar-refractivity contribution in [2.45, 2.75) is 38.0 Å². The number of likely N-dealkylation sites (tertiary alicyclic amines) is 1. The molecule has 1 aliphatic heterocycles. The summed E-state index contributed by atoms with van der Waals surface area (Å²) in [5.74, 6) is 1.46. The van der Waals surface area contributed by atoms with Gasteiger partial charge in [-0.15, -0.1) is 0 Å². The molecule has 0 unspecified atom stereocenters. The predicted octanol–water partition coefficient (Wildman–Crippen LogP) is 1.52. The van der Waals surface area contributed by atoms with Crippen LogP contribution in [0.3, 0.4) is 0 Å². The van der Waals surface area contributed by atoms with E-state index in [1.54, 1.807) is 0 Å². The predicted molar refractivity (Wildman–Crippen MR) is 73.6 cm³/mol. The Hall–Kier alpha value is -1.00. The van der Waals surface area contributed by atoms with E-state index < -0.39 is 0 Å². The van der Waals surface area contributed by atoms with E-state index in [-0.39, 0.29) is 5.41 Å². The number of rotatable bonds is 3. The van der Waals surface area contributed by atoms with Crippen LogP contribution < -0.4 is 5.73 Å². The summed E-state index contributed by atoms with van der Waals surface area (Å²) in [6, 6.07) is 2.06. The molecule has 1 aromatic heterocycles. The molecule has 1 fully saturated rings. The van der Waals surface area contributed by atoms with E-state index in [2.05, 4.69) is 36.8 Å². The summed E-state index contributed by atoms with van der Waals surface area (Å²) in [7, 11) is 2.18. The van der Waals surface area contributed by atoms with Crippen molar-refractivity contribution in [2.24, 2.45) is 5.73 Å². The van der Waals surface area contributed by atoms with Gasteiger partial charge in [0, 0.05) is 29.8 Å². The van der Waals surface area contributed by atoms with E-state index >= 15 is 0 Å². The highest BCUT2D eigenvalue weighted by Crippen LogP contribution is 2.27. The molecule has 0 spiro atoms. The summed E-state index contributed by atoms with van der Waals surface area (Å²) in [5, 5.41) is 0. The molecule has 0 atom stereocenters. The third kappa shape index (κ3) is 2.87. The lowest BCUT2D eigenvalue weighted by Crippen LogP contribution is -2.32. The minimum Gasteiger partial charge on any atom is -0.329 e. The van der Waals surface area contributed by atoms with Crippen LogP contribution in [0.2, 0.25) is 0 Å². The highest BCUT2D eigenvalue weighted by atomic mass is 15.1. The average molecular weight is 248 g/mol. The molecule has 1 saturated heterocycles. The van der Waals surface area contributed by atoms with Crippen LogP contribution in [0.5, 0.6) is 0 Å². The van der Waals surface area contributed by atoms with Crippen LogP contribution in [-0.2, 0) is 5.41 Å². The third-order valence-electron chi connectivity index (χ3n) is 3.93. The Morgan fingerprint density at radius 3 is 2.67 bits per heavy atom. The molecule has 0 saturated carbocycles. The maximum Gasteiger partial charge on any atom is 0.135 e. The van der Waals surface area contributed by atoms with Gasteiger partial charge in [-0.2, -0.15) is 0 Å². The second kappa shape index (κ2) is 5.33. The van der Waals surface area contributed by atoms with Gasteiger partial charge in [0.1, 0.15) is 5.82 Å². The van der Waals surface area contributed by atoms with Crippen LogP contribution in [-0.4, -0.2) is 41.5 Å². The molecule has 2 heterocycles. The smallest absolute Gasteiger partial charge is 0.135 e. The fraction of sp³-hybridized carbons (Fsp3) is 0.714. The summed E-state index contributed by atoms with van der Waals surface area (Å²) in [6.45, 7) is 7.08. The van der Waals surface area contributed by atoms with E-state index in [1.165, 1.54) is 18.5 Å². The maximum absolute atomic E-state index is 5.80. The number of nitrogens with zero attached hydrogens (tertiary/aromatic N) is 3. The summed E-state index contributed by atoms with van der Waals surface area (Å²) in [4.78, 5) is 11.5. The van der Waals surface area contributed by atoms with Crippen molar-refractivity contribution in [1.29, 1.82) is 0 Å². The third-order valence-corrected chi connectivity index (χ3v) is 3.93. The lowest BCUT2D eigenvalue weighted by molar-refractivity contribution is 0.253. The molecule has 18 heavy (non-hydrogen) atoms. The van der Waals surface area contributed by atoms with Crippen molar-refractivity contribution in [3.05, 3.63) is 23.8 Å². The van der Waals surface area contributed by atoms with Gasteiger partial charge in [-0.3, -0.25) is 0 Å². The number of hydrogen-bond acceptors (Lipinski definition) is 4. The van der Waals surface area contributed by atoms with E-state index in [4.69, 9.17) is 10.7 Å². The maximum atomic E-state index is 5.80. The second-order valence-electron chi connectivity index (χ2n) is 5.97. The van der Waals surface area contributed by atoms with Crippen LogP contribution >= 0.6 is 0 Å². The molecule has 1 aliphatic rings. The standard InChI is InChI=1S/C14H24N4/c1-14(2,10-15)13-16-7-4-12(17-13)11-5-8-18(3)9-6-11/h4,7,11H,5-6,8-10,15H2,1-3H3. The number of aromatic nitrogens is 2. The molecule has 0 radical (unpaired) electrons. The molecule has 2 N–H and O–H groups in total. The zero-order valence-corrected chi connectivity index (χ0v) is 11.7. The minimum absolute atomic E-state index is 0.137. The highest BCUT2D eigenvalue weighted by Gasteiger charge is 2.25. The molecule has 2 rings (SSSR count). The van der Waals surface area contributed by atoms with Gasteiger partial charge in [-0.25, -0.2) is 9.97 Å². The molecule has 0 aromatic carbocycles. The number of piperidine rings is 1. The molecule has 0 aliphatic carbocycles. The van der Waals surface area contributed by atoms with E-state index in [0.717, 1.165) is 18.9 Å². The van der Waals surface area contributed by atoms with Crippen LogP contribution in [0.15, 0.2) is 12.3 Å². The summed E-state index contributed by atoms with van der Waals surface area (Å²) in [6.07, 6.45) is 4.26. The first-order chi connectivity index (χ1) is 8.53. The topological polar surface area (TPSA) is 55.0 Å². The molecule has 100 valence electrons. The van der Waals surface area contributed by atoms with Gasteiger partial charge < -0.3 is 10.6 Å². The quantitative estimate of drug-likeness (QED) is 0.881. The molecule has 0 amide bonds. The van der Waals surface area contributed by atoms with Crippen molar-refractivity contribution in [2.75, 3.05) is 26.7 Å². The summed E-state index contributed by atoms with van der Waals surface area (Å²) < 4.78 is 0. The number of hydrogen-bond donors (Lipinski definition) is 1. The Kier molecular flexibility index (Phi) is 3.97. The van der Waals surface area contributed by atoms with Gasteiger partial charge in [0.25, 0.3) is 0 Å². The Labute approximate surface area is 110 Å². The fourth-order valence-electron chi connectivity index (χ4n) is 2.32. The first-order valence-corrected chi connectivity index (χ1v) is 6.75. The Bertz CT molecular complexity index is 395. The molecular formula is C14H24N4. The van der Waals surface area contributed by atoms with Crippen molar-refractivity contribution < 1.29 is 0 Å². The fourth-order valence-corrected chi connectivity index (χ4v) is 2.32. The summed E-state index contributed by atoms with van der Waals surface area (Å²) >= 11 is 0. The first-order valence-electron chi connectivity index (χ1n) is 6.75. The molecule has 1 aromatic rings. The van der Waals surface area contributed by atoms with Gasteiger partial charge in [-0.1, -0.05) is 13.8 Å². The molecule has 0 bridgehead atoms. The monoisotopic (exact) mass is 248 g/mol. The van der Waals surface area contributed by atoms with Gasteiger partial charge >= 0.3 is 0 Å². The largest absolute Gasteiger partial charge is 0.329 e. The van der Waals surface area contributed by atoms with Gasteiger partial charge in [0.2, 0.25) is 0 Å². The Balaban J connectivity index is 2.17. The highest BCUT2D eigenvalue weighted by molar-refractivity contribution is 5.14. The molecule has 4 nitrogen and oxygen atoms in total.